The van der Waals surface area contributed by atoms with Crippen molar-refractivity contribution < 1.29 is 14.8 Å². The van der Waals surface area contributed by atoms with Crippen LogP contribution in [0, 0.1) is 5.41 Å². The van der Waals surface area contributed by atoms with Gasteiger partial charge in [-0.15, -0.1) is 0 Å². The van der Waals surface area contributed by atoms with E-state index in [0.717, 1.165) is 30.9 Å². The van der Waals surface area contributed by atoms with Crippen molar-refractivity contribution in [2.24, 2.45) is 5.41 Å². The Balaban J connectivity index is 2.07. The average molecular weight is 291 g/mol. The molecular formula is C16H26BNO3. The van der Waals surface area contributed by atoms with E-state index in [1.165, 1.54) is 19.3 Å². The van der Waals surface area contributed by atoms with Crippen molar-refractivity contribution >= 4 is 12.6 Å². The van der Waals surface area contributed by atoms with Gasteiger partial charge in [0.2, 0.25) is 0 Å². The Morgan fingerprint density at radius 1 is 1.29 bits per heavy atom. The van der Waals surface area contributed by atoms with Gasteiger partial charge < -0.3 is 14.8 Å². The van der Waals surface area contributed by atoms with Crippen LogP contribution in [0.15, 0.2) is 18.2 Å². The van der Waals surface area contributed by atoms with E-state index in [4.69, 9.17) is 4.74 Å². The Bertz CT molecular complexity index is 471. The molecule has 2 rings (SSSR count). The van der Waals surface area contributed by atoms with Gasteiger partial charge in [-0.2, -0.15) is 0 Å². The van der Waals surface area contributed by atoms with Crippen molar-refractivity contribution in [3.05, 3.63) is 23.8 Å². The first kappa shape index (κ1) is 16.3. The number of likely N-dealkylation sites (tertiary alicyclic amines) is 1. The molecule has 0 bridgehead atoms. The number of rotatable bonds is 5. The van der Waals surface area contributed by atoms with E-state index in [0.29, 0.717) is 10.9 Å². The summed E-state index contributed by atoms with van der Waals surface area (Å²) in [5.41, 5.74) is 2.01. The summed E-state index contributed by atoms with van der Waals surface area (Å²) in [4.78, 5) is 2.42. The molecule has 2 N–H and O–H groups in total. The highest BCUT2D eigenvalue weighted by Crippen LogP contribution is 2.34. The first-order valence-corrected chi connectivity index (χ1v) is 7.73. The topological polar surface area (TPSA) is 52.9 Å². The quantitative estimate of drug-likeness (QED) is 0.805. The van der Waals surface area contributed by atoms with Crippen LogP contribution in [0.4, 0.5) is 0 Å². The maximum absolute atomic E-state index is 9.32. The lowest BCUT2D eigenvalue weighted by Gasteiger charge is -2.39. The molecule has 4 nitrogen and oxygen atoms in total. The van der Waals surface area contributed by atoms with Crippen molar-refractivity contribution in [2.45, 2.75) is 39.7 Å². The second kappa shape index (κ2) is 6.82. The first-order valence-electron chi connectivity index (χ1n) is 7.73. The van der Waals surface area contributed by atoms with Gasteiger partial charge in [0.15, 0.2) is 0 Å². The molecule has 0 unspecified atom stereocenters. The van der Waals surface area contributed by atoms with E-state index < -0.39 is 7.12 Å². The molecule has 0 aromatic heterocycles. The van der Waals surface area contributed by atoms with E-state index in [2.05, 4.69) is 18.7 Å². The van der Waals surface area contributed by atoms with Crippen molar-refractivity contribution in [3.8, 4) is 5.75 Å². The maximum atomic E-state index is 9.32. The minimum absolute atomic E-state index is 0.476. The van der Waals surface area contributed by atoms with Gasteiger partial charge in [-0.1, -0.05) is 32.4 Å². The summed E-state index contributed by atoms with van der Waals surface area (Å²) in [7, 11) is 0.220. The van der Waals surface area contributed by atoms with Gasteiger partial charge in [0, 0.05) is 12.1 Å². The summed E-state index contributed by atoms with van der Waals surface area (Å²) in [6, 6.07) is 5.33. The van der Waals surface area contributed by atoms with Crippen LogP contribution in [0.2, 0.25) is 0 Å². The highest BCUT2D eigenvalue weighted by atomic mass is 16.5. The molecule has 0 aliphatic carbocycles. The molecule has 1 aliphatic heterocycles. The van der Waals surface area contributed by atoms with Crippen molar-refractivity contribution in [1.29, 1.82) is 0 Å². The Kier molecular flexibility index (Phi) is 5.30. The SMILES string of the molecule is CCC1(C)CCN(Cc2cc(B(O)O)ccc2OC)CC1. The Morgan fingerprint density at radius 2 is 1.95 bits per heavy atom. The number of hydrogen-bond donors (Lipinski definition) is 2. The monoisotopic (exact) mass is 291 g/mol. The highest BCUT2D eigenvalue weighted by Gasteiger charge is 2.28. The summed E-state index contributed by atoms with van der Waals surface area (Å²) in [6.45, 7) is 7.60. The van der Waals surface area contributed by atoms with Crippen LogP contribution in [-0.2, 0) is 6.54 Å². The minimum atomic E-state index is -1.43. The molecular weight excluding hydrogens is 265 g/mol. The van der Waals surface area contributed by atoms with Crippen LogP contribution in [0.25, 0.3) is 0 Å². The molecule has 0 saturated carbocycles. The van der Waals surface area contributed by atoms with Crippen LogP contribution in [0.5, 0.6) is 5.75 Å². The fraction of sp³-hybridized carbons (Fsp3) is 0.625. The van der Waals surface area contributed by atoms with E-state index in [9.17, 15) is 10.0 Å². The molecule has 1 aromatic rings. The van der Waals surface area contributed by atoms with Gasteiger partial charge in [0.05, 0.1) is 7.11 Å². The molecule has 1 heterocycles. The van der Waals surface area contributed by atoms with Gasteiger partial charge in [0.1, 0.15) is 5.75 Å². The summed E-state index contributed by atoms with van der Waals surface area (Å²) >= 11 is 0. The van der Waals surface area contributed by atoms with Crippen molar-refractivity contribution in [1.82, 2.24) is 4.90 Å². The maximum Gasteiger partial charge on any atom is 0.488 e. The fourth-order valence-electron chi connectivity index (χ4n) is 2.93. The zero-order valence-corrected chi connectivity index (χ0v) is 13.3. The lowest BCUT2D eigenvalue weighted by molar-refractivity contribution is 0.109. The van der Waals surface area contributed by atoms with Gasteiger partial charge in [-0.05, 0) is 42.9 Å². The predicted molar refractivity (Wildman–Crippen MR) is 85.7 cm³/mol. The van der Waals surface area contributed by atoms with Gasteiger partial charge >= 0.3 is 7.12 Å². The normalized spacial score (nSPS) is 18.5. The van der Waals surface area contributed by atoms with Crippen LogP contribution in [0.3, 0.4) is 0 Å². The molecule has 21 heavy (non-hydrogen) atoms. The third-order valence-electron chi connectivity index (χ3n) is 4.91. The van der Waals surface area contributed by atoms with E-state index in [1.807, 2.05) is 12.1 Å². The number of benzene rings is 1. The second-order valence-electron chi connectivity index (χ2n) is 6.39. The molecule has 0 spiro atoms. The third kappa shape index (κ3) is 3.99. The van der Waals surface area contributed by atoms with Gasteiger partial charge in [-0.25, -0.2) is 0 Å². The number of nitrogens with zero attached hydrogens (tertiary/aromatic N) is 1. The molecule has 0 atom stereocenters. The molecule has 5 heteroatoms. The zero-order valence-electron chi connectivity index (χ0n) is 13.3. The molecule has 1 aromatic carbocycles. The largest absolute Gasteiger partial charge is 0.496 e. The average Bonchev–Trinajstić information content (AvgIpc) is 2.49. The van der Waals surface area contributed by atoms with Crippen molar-refractivity contribution in [2.75, 3.05) is 20.2 Å². The summed E-state index contributed by atoms with van der Waals surface area (Å²) < 4.78 is 5.39. The Hall–Kier alpha value is -1.04. The van der Waals surface area contributed by atoms with Gasteiger partial charge in [0.25, 0.3) is 0 Å². The van der Waals surface area contributed by atoms with Crippen LogP contribution < -0.4 is 10.2 Å². The molecule has 1 saturated heterocycles. The lowest BCUT2D eigenvalue weighted by Crippen LogP contribution is -2.38. The fourth-order valence-corrected chi connectivity index (χ4v) is 2.93. The van der Waals surface area contributed by atoms with Gasteiger partial charge in [-0.3, -0.25) is 4.90 Å². The molecule has 116 valence electrons. The second-order valence-corrected chi connectivity index (χ2v) is 6.39. The van der Waals surface area contributed by atoms with Crippen LogP contribution in [0.1, 0.15) is 38.7 Å². The minimum Gasteiger partial charge on any atom is -0.496 e. The first-order chi connectivity index (χ1) is 9.97. The smallest absolute Gasteiger partial charge is 0.488 e. The summed E-state index contributed by atoms with van der Waals surface area (Å²) in [5.74, 6) is 0.809. The zero-order chi connectivity index (χ0) is 15.5. The Labute approximate surface area is 127 Å². The summed E-state index contributed by atoms with van der Waals surface area (Å²) in [5, 5.41) is 18.6. The lowest BCUT2D eigenvalue weighted by atomic mass is 9.78. The molecule has 1 fully saturated rings. The number of piperidine rings is 1. The summed E-state index contributed by atoms with van der Waals surface area (Å²) in [6.07, 6.45) is 3.67. The molecule has 1 aliphatic rings. The highest BCUT2D eigenvalue weighted by molar-refractivity contribution is 6.58. The van der Waals surface area contributed by atoms with Crippen LogP contribution in [-0.4, -0.2) is 42.3 Å². The number of hydrogen-bond acceptors (Lipinski definition) is 4. The van der Waals surface area contributed by atoms with Crippen LogP contribution >= 0.6 is 0 Å². The predicted octanol–water partition coefficient (Wildman–Crippen LogP) is 1.39. The van der Waals surface area contributed by atoms with E-state index >= 15 is 0 Å². The number of methoxy groups -OCH3 is 1. The molecule has 0 amide bonds. The van der Waals surface area contributed by atoms with E-state index in [-0.39, 0.29) is 0 Å². The standard InChI is InChI=1S/C16H26BNO3/c1-4-16(2)7-9-18(10-8-16)12-13-11-14(17(19)20)5-6-15(13)21-3/h5-6,11,19-20H,4,7-10,12H2,1-3H3. The number of ether oxygens (including phenoxy) is 1. The third-order valence-corrected chi connectivity index (χ3v) is 4.91. The molecule has 0 radical (unpaired) electrons. The van der Waals surface area contributed by atoms with E-state index in [1.54, 1.807) is 13.2 Å². The Morgan fingerprint density at radius 3 is 2.48 bits per heavy atom. The van der Waals surface area contributed by atoms with Crippen molar-refractivity contribution in [3.63, 3.8) is 0 Å².